The SMILES string of the molecule is Cc1c(C#N)c(Cl)cc(ONC(=O)c2ccc(S(F)(F)(F)(F)F)cc2)c1Oc1ccc(Cl)cc1Cl. The van der Waals surface area contributed by atoms with Crippen molar-refractivity contribution in [3.63, 3.8) is 0 Å². The Balaban J connectivity index is 1.90. The number of ether oxygens (including phenoxy) is 1. The lowest BCUT2D eigenvalue weighted by atomic mass is 10.1. The molecule has 35 heavy (non-hydrogen) atoms. The van der Waals surface area contributed by atoms with Gasteiger partial charge in [-0.05, 0) is 49.4 Å². The van der Waals surface area contributed by atoms with Crippen molar-refractivity contribution in [3.05, 3.63) is 80.3 Å². The first-order chi connectivity index (χ1) is 16.0. The summed E-state index contributed by atoms with van der Waals surface area (Å²) in [5, 5.41) is 9.77. The van der Waals surface area contributed by atoms with Gasteiger partial charge in [-0.3, -0.25) is 4.79 Å². The van der Waals surface area contributed by atoms with E-state index in [1.54, 1.807) is 0 Å². The van der Waals surface area contributed by atoms with Gasteiger partial charge in [0.15, 0.2) is 11.5 Å². The number of rotatable bonds is 6. The fraction of sp³-hybridized carbons (Fsp3) is 0.0476. The minimum absolute atomic E-state index is 0.0389. The summed E-state index contributed by atoms with van der Waals surface area (Å²) in [5.74, 6) is -1.19. The van der Waals surface area contributed by atoms with Crippen LogP contribution in [0.1, 0.15) is 21.5 Å². The van der Waals surface area contributed by atoms with E-state index in [0.717, 1.165) is 6.07 Å². The molecule has 0 heterocycles. The number of halogens is 8. The highest BCUT2D eigenvalue weighted by Crippen LogP contribution is 3.02. The number of carbonyl (C=O) groups excluding carboxylic acids is 1. The Bertz CT molecular complexity index is 1380. The number of nitriles is 1. The largest absolute Gasteiger partial charge is 0.451 e. The number of nitrogens with one attached hydrogen (secondary N) is 1. The van der Waals surface area contributed by atoms with E-state index in [4.69, 9.17) is 44.4 Å². The quantitative estimate of drug-likeness (QED) is 0.236. The Kier molecular flexibility index (Phi) is 6.59. The van der Waals surface area contributed by atoms with Crippen LogP contribution < -0.4 is 15.1 Å². The van der Waals surface area contributed by atoms with Crippen LogP contribution in [0.5, 0.6) is 17.2 Å². The third kappa shape index (κ3) is 6.21. The number of benzene rings is 3. The zero-order valence-corrected chi connectivity index (χ0v) is 20.3. The molecule has 3 aromatic carbocycles. The van der Waals surface area contributed by atoms with Gasteiger partial charge < -0.3 is 9.57 Å². The minimum Gasteiger partial charge on any atom is -0.451 e. The van der Waals surface area contributed by atoms with Crippen LogP contribution in [-0.4, -0.2) is 5.91 Å². The molecule has 0 aliphatic heterocycles. The second kappa shape index (κ2) is 8.64. The van der Waals surface area contributed by atoms with Crippen LogP contribution in [0.4, 0.5) is 19.4 Å². The topological polar surface area (TPSA) is 71.3 Å². The molecular weight excluding hydrogens is 562 g/mol. The molecule has 0 aliphatic rings. The maximum absolute atomic E-state index is 12.9. The second-order valence-electron chi connectivity index (χ2n) is 7.00. The lowest BCUT2D eigenvalue weighted by molar-refractivity contribution is 0.0755. The van der Waals surface area contributed by atoms with Crippen molar-refractivity contribution in [3.8, 4) is 23.3 Å². The van der Waals surface area contributed by atoms with Gasteiger partial charge >= 0.3 is 10.2 Å². The third-order valence-electron chi connectivity index (χ3n) is 4.47. The van der Waals surface area contributed by atoms with Crippen LogP contribution in [0, 0.1) is 18.3 Å². The molecule has 0 unspecified atom stereocenters. The number of nitrogens with zero attached hydrogens (tertiary/aromatic N) is 1. The molecule has 0 atom stereocenters. The first-order valence-electron chi connectivity index (χ1n) is 9.17. The van der Waals surface area contributed by atoms with Gasteiger partial charge in [0.2, 0.25) is 0 Å². The van der Waals surface area contributed by atoms with E-state index in [2.05, 4.69) is 0 Å². The third-order valence-corrected chi connectivity index (χ3v) is 6.46. The van der Waals surface area contributed by atoms with Crippen molar-refractivity contribution in [2.75, 3.05) is 0 Å². The lowest BCUT2D eigenvalue weighted by Crippen LogP contribution is -2.27. The summed E-state index contributed by atoms with van der Waals surface area (Å²) in [5.41, 5.74) is 1.81. The molecule has 0 aliphatic carbocycles. The summed E-state index contributed by atoms with van der Waals surface area (Å²) in [6.07, 6.45) is 0. The number of hydrogen-bond donors (Lipinski definition) is 1. The van der Waals surface area contributed by atoms with Crippen molar-refractivity contribution in [2.24, 2.45) is 0 Å². The molecule has 0 bridgehead atoms. The maximum Gasteiger partial charge on any atom is 0.310 e. The maximum atomic E-state index is 12.9. The average molecular weight is 574 g/mol. The van der Waals surface area contributed by atoms with Gasteiger partial charge in [-0.15, -0.1) is 0 Å². The van der Waals surface area contributed by atoms with E-state index >= 15 is 0 Å². The van der Waals surface area contributed by atoms with Gasteiger partial charge in [0.05, 0.1) is 15.6 Å². The van der Waals surface area contributed by atoms with Crippen LogP contribution in [0.3, 0.4) is 0 Å². The van der Waals surface area contributed by atoms with Gasteiger partial charge in [-0.2, -0.15) is 10.7 Å². The minimum atomic E-state index is -9.89. The summed E-state index contributed by atoms with van der Waals surface area (Å²) >= 11 is 18.1. The van der Waals surface area contributed by atoms with Crippen molar-refractivity contribution in [1.29, 1.82) is 5.26 Å². The highest BCUT2D eigenvalue weighted by Gasteiger charge is 2.65. The molecule has 1 amide bonds. The fourth-order valence-electron chi connectivity index (χ4n) is 2.76. The molecule has 5 nitrogen and oxygen atoms in total. The van der Waals surface area contributed by atoms with E-state index in [-0.39, 0.29) is 50.6 Å². The normalized spacial score (nSPS) is 13.3. The predicted molar refractivity (Wildman–Crippen MR) is 123 cm³/mol. The van der Waals surface area contributed by atoms with Crippen molar-refractivity contribution in [1.82, 2.24) is 5.48 Å². The molecule has 186 valence electrons. The van der Waals surface area contributed by atoms with Crippen molar-refractivity contribution < 1.29 is 33.8 Å². The van der Waals surface area contributed by atoms with Crippen LogP contribution in [0.15, 0.2) is 53.4 Å². The van der Waals surface area contributed by atoms with E-state index in [9.17, 15) is 29.5 Å². The highest BCUT2D eigenvalue weighted by molar-refractivity contribution is 8.45. The molecule has 1 N–H and O–H groups in total. The van der Waals surface area contributed by atoms with Crippen LogP contribution in [0.25, 0.3) is 0 Å². The molecule has 0 spiro atoms. The molecule has 0 aromatic heterocycles. The first kappa shape index (κ1) is 26.7. The molecule has 3 aromatic rings. The summed E-state index contributed by atoms with van der Waals surface area (Å²) in [7, 11) is -9.89. The van der Waals surface area contributed by atoms with Gasteiger partial charge in [0, 0.05) is 22.2 Å². The van der Waals surface area contributed by atoms with Crippen molar-refractivity contribution in [2.45, 2.75) is 11.8 Å². The second-order valence-corrected chi connectivity index (χ2v) is 10.7. The molecule has 0 fully saturated rings. The zero-order valence-electron chi connectivity index (χ0n) is 17.2. The molecule has 0 radical (unpaired) electrons. The highest BCUT2D eigenvalue weighted by atomic mass is 35.5. The Labute approximate surface area is 210 Å². The lowest BCUT2D eigenvalue weighted by Gasteiger charge is -2.40. The monoisotopic (exact) mass is 572 g/mol. The predicted octanol–water partition coefficient (Wildman–Crippen LogP) is 9.00. The summed E-state index contributed by atoms with van der Waals surface area (Å²) in [6, 6.07) is 8.68. The average Bonchev–Trinajstić information content (AvgIpc) is 2.74. The van der Waals surface area contributed by atoms with Crippen LogP contribution in [0.2, 0.25) is 15.1 Å². The van der Waals surface area contributed by atoms with Gasteiger partial charge in [-0.25, -0.2) is 0 Å². The summed E-state index contributed by atoms with van der Waals surface area (Å²) in [6.45, 7) is 1.48. The number of carbonyl (C=O) groups is 1. The van der Waals surface area contributed by atoms with E-state index < -0.39 is 26.6 Å². The Morgan fingerprint density at radius 3 is 2.11 bits per heavy atom. The molecule has 0 saturated heterocycles. The molecular formula is C21H12Cl3F5N2O3S. The zero-order chi connectivity index (χ0) is 26.2. The summed E-state index contributed by atoms with van der Waals surface area (Å²) in [4.78, 5) is 15.4. The summed E-state index contributed by atoms with van der Waals surface area (Å²) < 4.78 is 70.1. The smallest absolute Gasteiger partial charge is 0.310 e. The standard InChI is InChI=1S/C21H12Cl3F5N2O3S/c1-11-15(10-30)16(23)9-19(20(11)33-18-7-4-13(22)8-17(18)24)34-31-21(32)12-2-5-14(6-3-12)35(25,26,27,28)29/h2-9H,1H3,(H,31,32). The fourth-order valence-corrected chi connectivity index (χ4v) is 4.14. The number of amides is 1. The Hall–Kier alpha value is -2.91. The number of hydroxylamine groups is 1. The Morgan fingerprint density at radius 2 is 1.57 bits per heavy atom. The van der Waals surface area contributed by atoms with E-state index in [1.165, 1.54) is 25.1 Å². The Morgan fingerprint density at radius 1 is 0.943 bits per heavy atom. The van der Waals surface area contributed by atoms with Gasteiger partial charge in [0.25, 0.3) is 5.91 Å². The van der Waals surface area contributed by atoms with Crippen LogP contribution in [-0.2, 0) is 0 Å². The molecule has 14 heteroatoms. The van der Waals surface area contributed by atoms with E-state index in [0.29, 0.717) is 17.2 Å². The van der Waals surface area contributed by atoms with Crippen molar-refractivity contribution >= 4 is 50.9 Å². The molecule has 0 saturated carbocycles. The van der Waals surface area contributed by atoms with Gasteiger partial charge in [0.1, 0.15) is 16.7 Å². The van der Waals surface area contributed by atoms with E-state index in [1.807, 2.05) is 11.5 Å². The molecule has 3 rings (SSSR count). The van der Waals surface area contributed by atoms with Gasteiger partial charge in [-0.1, -0.05) is 54.2 Å². The van der Waals surface area contributed by atoms with Crippen LogP contribution >= 0.6 is 45.0 Å². The first-order valence-corrected chi connectivity index (χ1v) is 12.3. The number of hydrogen-bond acceptors (Lipinski definition) is 4.